The quantitative estimate of drug-likeness (QED) is 0.621. The van der Waals surface area contributed by atoms with Crippen molar-refractivity contribution in [1.29, 1.82) is 0 Å². The highest BCUT2D eigenvalue weighted by molar-refractivity contribution is 5.28. The van der Waals surface area contributed by atoms with E-state index in [4.69, 9.17) is 0 Å². The van der Waals surface area contributed by atoms with Gasteiger partial charge in [-0.15, -0.1) is 0 Å². The van der Waals surface area contributed by atoms with Crippen molar-refractivity contribution < 1.29 is 0 Å². The first kappa shape index (κ1) is 9.31. The third-order valence-electron chi connectivity index (χ3n) is 2.68. The molecule has 0 saturated carbocycles. The molecule has 0 nitrogen and oxygen atoms in total. The minimum absolute atomic E-state index is 0.672. The van der Waals surface area contributed by atoms with Crippen LogP contribution in [0.2, 0.25) is 0 Å². The van der Waals surface area contributed by atoms with Crippen LogP contribution in [0.4, 0.5) is 0 Å². The maximum Gasteiger partial charge on any atom is -0.0165 e. The first-order valence-corrected chi connectivity index (χ1v) is 4.68. The molecule has 1 atom stereocenters. The van der Waals surface area contributed by atoms with Gasteiger partial charge in [-0.3, -0.25) is 0 Å². The Kier molecular flexibility index (Phi) is 2.91. The number of aryl methyl sites for hydroxylation is 1. The van der Waals surface area contributed by atoms with E-state index in [1.807, 2.05) is 0 Å². The zero-order chi connectivity index (χ0) is 9.14. The minimum Gasteiger partial charge on any atom is -0.0622 e. The van der Waals surface area contributed by atoms with Gasteiger partial charge in [0.15, 0.2) is 0 Å². The van der Waals surface area contributed by atoms with Gasteiger partial charge in [-0.1, -0.05) is 45.0 Å². The van der Waals surface area contributed by atoms with E-state index in [-0.39, 0.29) is 0 Å². The SMILES string of the molecule is Cc1ccccc1[C@H](C)C(C)C. The van der Waals surface area contributed by atoms with E-state index in [0.29, 0.717) is 5.92 Å². The monoisotopic (exact) mass is 162 g/mol. The average molecular weight is 162 g/mol. The van der Waals surface area contributed by atoms with Crippen LogP contribution >= 0.6 is 0 Å². The summed E-state index contributed by atoms with van der Waals surface area (Å²) in [4.78, 5) is 0. The lowest BCUT2D eigenvalue weighted by atomic mass is 9.88. The van der Waals surface area contributed by atoms with Crippen LogP contribution in [0, 0.1) is 12.8 Å². The van der Waals surface area contributed by atoms with Gasteiger partial charge in [0, 0.05) is 0 Å². The zero-order valence-electron chi connectivity index (χ0n) is 8.46. The van der Waals surface area contributed by atoms with E-state index in [1.165, 1.54) is 11.1 Å². The molecule has 12 heavy (non-hydrogen) atoms. The van der Waals surface area contributed by atoms with Crippen LogP contribution in [0.5, 0.6) is 0 Å². The van der Waals surface area contributed by atoms with E-state index in [9.17, 15) is 0 Å². The fourth-order valence-corrected chi connectivity index (χ4v) is 1.46. The maximum atomic E-state index is 2.30. The topological polar surface area (TPSA) is 0 Å². The molecule has 0 unspecified atom stereocenters. The van der Waals surface area contributed by atoms with Crippen molar-refractivity contribution in [2.45, 2.75) is 33.6 Å². The van der Waals surface area contributed by atoms with E-state index in [1.54, 1.807) is 0 Å². The Balaban J connectivity index is 2.94. The molecule has 0 radical (unpaired) electrons. The Hall–Kier alpha value is -0.780. The summed E-state index contributed by atoms with van der Waals surface area (Å²) in [5.41, 5.74) is 2.91. The third-order valence-corrected chi connectivity index (χ3v) is 2.68. The molecule has 0 N–H and O–H groups in total. The van der Waals surface area contributed by atoms with Gasteiger partial charge in [0.2, 0.25) is 0 Å². The molecule has 0 heteroatoms. The predicted molar refractivity (Wildman–Crippen MR) is 54.4 cm³/mol. The van der Waals surface area contributed by atoms with Crippen LogP contribution in [-0.2, 0) is 0 Å². The summed E-state index contributed by atoms with van der Waals surface area (Å²) in [6, 6.07) is 8.65. The van der Waals surface area contributed by atoms with Gasteiger partial charge >= 0.3 is 0 Å². The van der Waals surface area contributed by atoms with Crippen molar-refractivity contribution in [3.63, 3.8) is 0 Å². The molecule has 1 aromatic carbocycles. The Bertz CT molecular complexity index is 248. The van der Waals surface area contributed by atoms with Crippen molar-refractivity contribution in [2.75, 3.05) is 0 Å². The molecule has 66 valence electrons. The van der Waals surface area contributed by atoms with Crippen LogP contribution in [0.25, 0.3) is 0 Å². The fourth-order valence-electron chi connectivity index (χ4n) is 1.46. The molecular formula is C12H18. The number of rotatable bonds is 2. The van der Waals surface area contributed by atoms with Gasteiger partial charge in [-0.25, -0.2) is 0 Å². The second-order valence-corrected chi connectivity index (χ2v) is 3.89. The highest BCUT2D eigenvalue weighted by atomic mass is 14.2. The molecule has 0 aromatic heterocycles. The Morgan fingerprint density at radius 1 is 1.00 bits per heavy atom. The lowest BCUT2D eigenvalue weighted by Gasteiger charge is -2.17. The van der Waals surface area contributed by atoms with Crippen molar-refractivity contribution in [1.82, 2.24) is 0 Å². The molecule has 0 bridgehead atoms. The van der Waals surface area contributed by atoms with Gasteiger partial charge in [-0.05, 0) is 29.9 Å². The summed E-state index contributed by atoms with van der Waals surface area (Å²) < 4.78 is 0. The third kappa shape index (κ3) is 1.88. The Morgan fingerprint density at radius 3 is 2.08 bits per heavy atom. The van der Waals surface area contributed by atoms with Gasteiger partial charge in [0.25, 0.3) is 0 Å². The standard InChI is InChI=1S/C12H18/c1-9(2)11(4)12-8-6-5-7-10(12)3/h5-9,11H,1-4H3/t11-/m1/s1. The molecule has 0 aliphatic heterocycles. The summed E-state index contributed by atoms with van der Waals surface area (Å²) in [5, 5.41) is 0. The van der Waals surface area contributed by atoms with Crippen molar-refractivity contribution >= 4 is 0 Å². The number of benzene rings is 1. The largest absolute Gasteiger partial charge is 0.0622 e. The highest BCUT2D eigenvalue weighted by Gasteiger charge is 2.10. The zero-order valence-corrected chi connectivity index (χ0v) is 8.46. The molecule has 0 fully saturated rings. The Labute approximate surface area is 75.6 Å². The Morgan fingerprint density at radius 2 is 1.58 bits per heavy atom. The highest BCUT2D eigenvalue weighted by Crippen LogP contribution is 2.25. The van der Waals surface area contributed by atoms with E-state index < -0.39 is 0 Å². The van der Waals surface area contributed by atoms with Crippen LogP contribution in [0.15, 0.2) is 24.3 Å². The van der Waals surface area contributed by atoms with Gasteiger partial charge < -0.3 is 0 Å². The second-order valence-electron chi connectivity index (χ2n) is 3.89. The number of hydrogen-bond donors (Lipinski definition) is 0. The molecule has 0 amide bonds. The summed E-state index contributed by atoms with van der Waals surface area (Å²) in [6.45, 7) is 9.04. The first-order chi connectivity index (χ1) is 5.63. The van der Waals surface area contributed by atoms with Crippen molar-refractivity contribution in [2.24, 2.45) is 5.92 Å². The summed E-state index contributed by atoms with van der Waals surface area (Å²) in [6.07, 6.45) is 0. The smallest absolute Gasteiger partial charge is 0.0165 e. The van der Waals surface area contributed by atoms with Gasteiger partial charge in [0.05, 0.1) is 0 Å². The van der Waals surface area contributed by atoms with Crippen molar-refractivity contribution in [3.8, 4) is 0 Å². The summed E-state index contributed by atoms with van der Waals surface area (Å²) in [7, 11) is 0. The van der Waals surface area contributed by atoms with Crippen LogP contribution in [-0.4, -0.2) is 0 Å². The number of hydrogen-bond acceptors (Lipinski definition) is 0. The molecule has 0 saturated heterocycles. The molecule has 0 heterocycles. The minimum atomic E-state index is 0.672. The molecule has 0 aliphatic rings. The normalized spacial score (nSPS) is 13.4. The molecular weight excluding hydrogens is 144 g/mol. The second kappa shape index (κ2) is 3.75. The lowest BCUT2D eigenvalue weighted by Crippen LogP contribution is -2.03. The van der Waals surface area contributed by atoms with E-state index in [0.717, 1.165) is 5.92 Å². The van der Waals surface area contributed by atoms with E-state index >= 15 is 0 Å². The first-order valence-electron chi connectivity index (χ1n) is 4.68. The molecule has 1 rings (SSSR count). The maximum absolute atomic E-state index is 2.30. The van der Waals surface area contributed by atoms with Gasteiger partial charge in [0.1, 0.15) is 0 Å². The molecule has 0 aliphatic carbocycles. The van der Waals surface area contributed by atoms with E-state index in [2.05, 4.69) is 52.0 Å². The average Bonchev–Trinajstić information content (AvgIpc) is 2.04. The van der Waals surface area contributed by atoms with Crippen molar-refractivity contribution in [3.05, 3.63) is 35.4 Å². The summed E-state index contributed by atoms with van der Waals surface area (Å²) >= 11 is 0. The molecule has 0 spiro atoms. The fraction of sp³-hybridized carbons (Fsp3) is 0.500. The van der Waals surface area contributed by atoms with Crippen LogP contribution in [0.1, 0.15) is 37.8 Å². The summed E-state index contributed by atoms with van der Waals surface area (Å²) in [5.74, 6) is 1.40. The van der Waals surface area contributed by atoms with Crippen LogP contribution < -0.4 is 0 Å². The predicted octanol–water partition coefficient (Wildman–Crippen LogP) is 3.75. The van der Waals surface area contributed by atoms with Gasteiger partial charge in [-0.2, -0.15) is 0 Å². The lowest BCUT2D eigenvalue weighted by molar-refractivity contribution is 0.533. The van der Waals surface area contributed by atoms with Crippen LogP contribution in [0.3, 0.4) is 0 Å². The molecule has 1 aromatic rings.